The van der Waals surface area contributed by atoms with Crippen LogP contribution in [0.2, 0.25) is 0 Å². The molecule has 1 aliphatic rings. The van der Waals surface area contributed by atoms with Crippen molar-refractivity contribution >= 4 is 38.5 Å². The molecule has 166 valence electrons. The quantitative estimate of drug-likeness (QED) is 0.440. The van der Waals surface area contributed by atoms with Crippen molar-refractivity contribution in [3.63, 3.8) is 0 Å². The summed E-state index contributed by atoms with van der Waals surface area (Å²) in [5.41, 5.74) is 0.889. The van der Waals surface area contributed by atoms with Crippen LogP contribution in [-0.4, -0.2) is 32.7 Å². The van der Waals surface area contributed by atoms with E-state index in [9.17, 15) is 9.59 Å². The average molecular weight is 497 g/mol. The van der Waals surface area contributed by atoms with Gasteiger partial charge in [0.2, 0.25) is 5.88 Å². The van der Waals surface area contributed by atoms with Gasteiger partial charge in [0.05, 0.1) is 17.2 Å². The molecule has 0 spiro atoms. The Balaban J connectivity index is 1.75. The van der Waals surface area contributed by atoms with Gasteiger partial charge in [-0.15, -0.1) is 0 Å². The molecule has 0 unspecified atom stereocenters. The Morgan fingerprint density at radius 2 is 1.69 bits per heavy atom. The maximum atomic E-state index is 13.2. The van der Waals surface area contributed by atoms with Gasteiger partial charge in [0.25, 0.3) is 0 Å². The minimum Gasteiger partial charge on any atom is -0.437 e. The van der Waals surface area contributed by atoms with Gasteiger partial charge in [-0.2, -0.15) is 0 Å². The average Bonchev–Trinajstić information content (AvgIpc) is 2.72. The van der Waals surface area contributed by atoms with Gasteiger partial charge in [-0.1, -0.05) is 28.9 Å². The number of Topliss-reactive ketones (excluding diaryl/α,β-unsaturated/α-hetero) is 2. The van der Waals surface area contributed by atoms with Crippen molar-refractivity contribution in [1.82, 2.24) is 9.97 Å². The number of benzene rings is 2. The fourth-order valence-corrected chi connectivity index (χ4v) is 4.55. The van der Waals surface area contributed by atoms with Crippen molar-refractivity contribution in [3.05, 3.63) is 58.2 Å². The van der Waals surface area contributed by atoms with Crippen molar-refractivity contribution in [2.24, 2.45) is 0 Å². The number of halogens is 1. The van der Waals surface area contributed by atoms with E-state index in [4.69, 9.17) is 9.47 Å². The molecule has 1 fully saturated rings. The molecule has 1 aliphatic heterocycles. The Kier molecular flexibility index (Phi) is 5.67. The van der Waals surface area contributed by atoms with Crippen molar-refractivity contribution < 1.29 is 19.1 Å². The summed E-state index contributed by atoms with van der Waals surface area (Å²) in [6.07, 6.45) is 2.23. The van der Waals surface area contributed by atoms with E-state index in [2.05, 4.69) is 25.9 Å². The minimum atomic E-state index is -1.07. The van der Waals surface area contributed by atoms with Gasteiger partial charge in [0.15, 0.2) is 11.6 Å². The zero-order chi connectivity index (χ0) is 23.3. The number of fused-ring (bicyclic) bond motifs is 1. The molecular weight excluding hydrogens is 472 g/mol. The molecule has 1 saturated heterocycles. The van der Waals surface area contributed by atoms with Gasteiger partial charge < -0.3 is 9.47 Å². The summed E-state index contributed by atoms with van der Waals surface area (Å²) in [6, 6.07) is 11.1. The van der Waals surface area contributed by atoms with Gasteiger partial charge in [0.1, 0.15) is 22.9 Å². The predicted octanol–water partition coefficient (Wildman–Crippen LogP) is 5.56. The smallest absolute Gasteiger partial charge is 0.238 e. The van der Waals surface area contributed by atoms with E-state index in [-0.39, 0.29) is 11.6 Å². The van der Waals surface area contributed by atoms with E-state index in [1.165, 1.54) is 0 Å². The highest BCUT2D eigenvalue weighted by Crippen LogP contribution is 2.40. The Bertz CT molecular complexity index is 1210. The lowest BCUT2D eigenvalue weighted by Gasteiger charge is -2.43. The van der Waals surface area contributed by atoms with Crippen LogP contribution in [0.5, 0.6) is 11.6 Å². The number of hydrogen-bond acceptors (Lipinski definition) is 6. The number of carbonyl (C=O) groups is 2. The normalized spacial score (nSPS) is 18.2. The SMILES string of the molecule is CCc1ccc(Oc2cnc3ccc(Br)cc3n2)cc1C1C(=O)C(C)(C)OC(C)(C)C1=O. The summed E-state index contributed by atoms with van der Waals surface area (Å²) >= 11 is 3.44. The van der Waals surface area contributed by atoms with Crippen LogP contribution in [0, 0.1) is 0 Å². The predicted molar refractivity (Wildman–Crippen MR) is 125 cm³/mol. The Morgan fingerprint density at radius 3 is 2.34 bits per heavy atom. The molecule has 0 bridgehead atoms. The highest BCUT2D eigenvalue weighted by Gasteiger charge is 2.53. The number of ether oxygens (including phenoxy) is 2. The summed E-state index contributed by atoms with van der Waals surface area (Å²) in [5.74, 6) is -0.585. The van der Waals surface area contributed by atoms with Gasteiger partial charge in [-0.3, -0.25) is 9.59 Å². The van der Waals surface area contributed by atoms with Crippen LogP contribution in [0.4, 0.5) is 0 Å². The maximum Gasteiger partial charge on any atom is 0.238 e. The van der Waals surface area contributed by atoms with E-state index in [0.717, 1.165) is 15.6 Å². The molecule has 0 amide bonds. The van der Waals surface area contributed by atoms with Gasteiger partial charge in [0, 0.05) is 4.47 Å². The molecule has 3 aromatic rings. The monoisotopic (exact) mass is 496 g/mol. The molecule has 2 aromatic carbocycles. The summed E-state index contributed by atoms with van der Waals surface area (Å²) < 4.78 is 12.7. The van der Waals surface area contributed by atoms with E-state index in [0.29, 0.717) is 29.1 Å². The topological polar surface area (TPSA) is 78.4 Å². The molecule has 0 N–H and O–H groups in total. The second-order valence-electron chi connectivity index (χ2n) is 8.94. The molecule has 1 aromatic heterocycles. The molecule has 0 atom stereocenters. The second kappa shape index (κ2) is 8.05. The zero-order valence-corrected chi connectivity index (χ0v) is 20.3. The van der Waals surface area contributed by atoms with Crippen LogP contribution in [0.25, 0.3) is 11.0 Å². The van der Waals surface area contributed by atoms with Crippen LogP contribution >= 0.6 is 15.9 Å². The first-order valence-corrected chi connectivity index (χ1v) is 11.3. The molecule has 0 saturated carbocycles. The highest BCUT2D eigenvalue weighted by molar-refractivity contribution is 9.10. The number of rotatable bonds is 4. The molecule has 0 aliphatic carbocycles. The zero-order valence-electron chi connectivity index (χ0n) is 18.7. The minimum absolute atomic E-state index is 0.246. The van der Waals surface area contributed by atoms with E-state index in [1.807, 2.05) is 37.3 Å². The molecule has 32 heavy (non-hydrogen) atoms. The number of hydrogen-bond donors (Lipinski definition) is 0. The van der Waals surface area contributed by atoms with Gasteiger partial charge >= 0.3 is 0 Å². The molecule has 0 radical (unpaired) electrons. The lowest BCUT2D eigenvalue weighted by atomic mass is 9.73. The van der Waals surface area contributed by atoms with Crippen LogP contribution < -0.4 is 4.74 Å². The summed E-state index contributed by atoms with van der Waals surface area (Å²) in [7, 11) is 0. The Labute approximate surface area is 195 Å². The number of nitrogens with zero attached hydrogens (tertiary/aromatic N) is 2. The van der Waals surface area contributed by atoms with Crippen LogP contribution in [0.1, 0.15) is 51.7 Å². The number of ketones is 2. The van der Waals surface area contributed by atoms with Crippen LogP contribution in [0.3, 0.4) is 0 Å². The third-order valence-corrected chi connectivity index (χ3v) is 6.23. The Morgan fingerprint density at radius 1 is 1.00 bits per heavy atom. The van der Waals surface area contributed by atoms with Crippen LogP contribution in [0.15, 0.2) is 47.1 Å². The Hall–Kier alpha value is -2.64. The first kappa shape index (κ1) is 22.6. The third-order valence-electron chi connectivity index (χ3n) is 5.74. The molecular formula is C25H25BrN2O4. The number of carbonyl (C=O) groups excluding carboxylic acids is 2. The first-order chi connectivity index (χ1) is 15.0. The fourth-order valence-electron chi connectivity index (χ4n) is 4.20. The van der Waals surface area contributed by atoms with Crippen LogP contribution in [-0.2, 0) is 20.7 Å². The molecule has 2 heterocycles. The number of aryl methyl sites for hydroxylation is 1. The lowest BCUT2D eigenvalue weighted by molar-refractivity contribution is -0.184. The standard InChI is InChI=1S/C25H25BrN2O4/c1-6-14-7-9-16(31-20-13-27-18-10-8-15(26)11-19(18)28-20)12-17(14)21-22(29)24(2,3)32-25(4,5)23(21)30/h7-13,21H,6H2,1-5H3. The number of aromatic nitrogens is 2. The van der Waals surface area contributed by atoms with Gasteiger partial charge in [-0.25, -0.2) is 9.97 Å². The van der Waals surface area contributed by atoms with Crippen molar-refractivity contribution in [3.8, 4) is 11.6 Å². The van der Waals surface area contributed by atoms with E-state index < -0.39 is 17.1 Å². The lowest BCUT2D eigenvalue weighted by Crippen LogP contribution is -2.58. The van der Waals surface area contributed by atoms with Crippen molar-refractivity contribution in [2.45, 2.75) is 58.2 Å². The highest BCUT2D eigenvalue weighted by atomic mass is 79.9. The van der Waals surface area contributed by atoms with Crippen molar-refractivity contribution in [1.29, 1.82) is 0 Å². The van der Waals surface area contributed by atoms with E-state index in [1.54, 1.807) is 40.0 Å². The summed E-state index contributed by atoms with van der Waals surface area (Å²) in [6.45, 7) is 8.85. The maximum absolute atomic E-state index is 13.2. The third kappa shape index (κ3) is 4.07. The second-order valence-corrected chi connectivity index (χ2v) is 9.86. The molecule has 7 heteroatoms. The molecule has 6 nitrogen and oxygen atoms in total. The molecule has 4 rings (SSSR count). The van der Waals surface area contributed by atoms with Gasteiger partial charge in [-0.05, 0) is 75.6 Å². The summed E-state index contributed by atoms with van der Waals surface area (Å²) in [5, 5.41) is 0. The summed E-state index contributed by atoms with van der Waals surface area (Å²) in [4.78, 5) is 35.4. The fraction of sp³-hybridized carbons (Fsp3) is 0.360. The van der Waals surface area contributed by atoms with E-state index >= 15 is 0 Å². The first-order valence-electron chi connectivity index (χ1n) is 10.5. The largest absolute Gasteiger partial charge is 0.437 e. The van der Waals surface area contributed by atoms with Crippen molar-refractivity contribution in [2.75, 3.05) is 0 Å².